The van der Waals surface area contributed by atoms with Gasteiger partial charge in [-0.2, -0.15) is 14.7 Å². The molecule has 0 unspecified atom stereocenters. The molecule has 21 heavy (non-hydrogen) atoms. The Balaban J connectivity index is 2.01. The molecule has 0 radical (unpaired) electrons. The lowest BCUT2D eigenvalue weighted by Crippen LogP contribution is -1.99. The molecule has 0 spiro atoms. The van der Waals surface area contributed by atoms with Crippen molar-refractivity contribution >= 4 is 28.3 Å². The van der Waals surface area contributed by atoms with Gasteiger partial charge >= 0.3 is 0 Å². The SMILES string of the molecule is Cc1ccc(-c2cc3nc(N)c4c(N)[nH]nc4n3n2)cc1. The van der Waals surface area contributed by atoms with Gasteiger partial charge in [0.15, 0.2) is 11.3 Å². The first-order valence-corrected chi connectivity index (χ1v) is 6.49. The van der Waals surface area contributed by atoms with Gasteiger partial charge in [-0.05, 0) is 6.92 Å². The number of hydrogen-bond acceptors (Lipinski definition) is 5. The normalized spacial score (nSPS) is 11.5. The van der Waals surface area contributed by atoms with Crippen LogP contribution in [0.25, 0.3) is 27.9 Å². The second kappa shape index (κ2) is 3.95. The highest BCUT2D eigenvalue weighted by Crippen LogP contribution is 2.26. The van der Waals surface area contributed by atoms with E-state index in [1.54, 1.807) is 4.52 Å². The average Bonchev–Trinajstić information content (AvgIpc) is 3.04. The van der Waals surface area contributed by atoms with E-state index >= 15 is 0 Å². The van der Waals surface area contributed by atoms with Crippen molar-refractivity contribution in [2.45, 2.75) is 6.92 Å². The number of hydrogen-bond donors (Lipinski definition) is 3. The molecule has 4 rings (SSSR count). The summed E-state index contributed by atoms with van der Waals surface area (Å²) in [6, 6.07) is 10.0. The highest BCUT2D eigenvalue weighted by Gasteiger charge is 2.15. The number of benzene rings is 1. The Hall–Kier alpha value is -3.09. The van der Waals surface area contributed by atoms with Crippen molar-refractivity contribution in [2.75, 3.05) is 11.5 Å². The monoisotopic (exact) mass is 279 g/mol. The Morgan fingerprint density at radius 2 is 1.90 bits per heavy atom. The molecule has 3 heterocycles. The minimum absolute atomic E-state index is 0.346. The third-order valence-electron chi connectivity index (χ3n) is 3.50. The molecule has 0 saturated heterocycles. The molecule has 7 heteroatoms. The van der Waals surface area contributed by atoms with E-state index in [9.17, 15) is 0 Å². The number of aromatic amines is 1. The summed E-state index contributed by atoms with van der Waals surface area (Å²) < 4.78 is 1.65. The van der Waals surface area contributed by atoms with Crippen LogP contribution in [-0.4, -0.2) is 24.8 Å². The van der Waals surface area contributed by atoms with E-state index in [-0.39, 0.29) is 0 Å². The number of nitrogens with one attached hydrogen (secondary N) is 1. The van der Waals surface area contributed by atoms with Crippen LogP contribution in [0, 0.1) is 6.92 Å². The summed E-state index contributed by atoms with van der Waals surface area (Å²) in [5, 5.41) is 12.0. The van der Waals surface area contributed by atoms with Crippen molar-refractivity contribution in [3.05, 3.63) is 35.9 Å². The lowest BCUT2D eigenvalue weighted by molar-refractivity contribution is 0.955. The lowest BCUT2D eigenvalue weighted by atomic mass is 10.1. The fourth-order valence-corrected chi connectivity index (χ4v) is 2.40. The summed E-state index contributed by atoms with van der Waals surface area (Å²) in [7, 11) is 0. The maximum atomic E-state index is 5.94. The van der Waals surface area contributed by atoms with Gasteiger partial charge in [0.25, 0.3) is 0 Å². The number of rotatable bonds is 1. The number of anilines is 2. The number of fused-ring (bicyclic) bond motifs is 3. The minimum atomic E-state index is 0.346. The Morgan fingerprint density at radius 3 is 2.67 bits per heavy atom. The zero-order valence-corrected chi connectivity index (χ0v) is 11.3. The van der Waals surface area contributed by atoms with Gasteiger partial charge in [0.05, 0.1) is 5.69 Å². The van der Waals surface area contributed by atoms with E-state index in [1.165, 1.54) is 5.56 Å². The third-order valence-corrected chi connectivity index (χ3v) is 3.50. The number of nitrogens with zero attached hydrogens (tertiary/aromatic N) is 4. The maximum absolute atomic E-state index is 5.94. The maximum Gasteiger partial charge on any atom is 0.190 e. The molecule has 0 saturated carbocycles. The van der Waals surface area contributed by atoms with Crippen molar-refractivity contribution in [3.8, 4) is 11.3 Å². The molecule has 7 nitrogen and oxygen atoms in total. The van der Waals surface area contributed by atoms with E-state index in [1.807, 2.05) is 37.3 Å². The Bertz CT molecular complexity index is 962. The molecule has 104 valence electrons. The molecule has 3 aromatic heterocycles. The summed E-state index contributed by atoms with van der Waals surface area (Å²) in [4.78, 5) is 4.34. The predicted octanol–water partition coefficient (Wildman–Crippen LogP) is 1.75. The average molecular weight is 279 g/mol. The molecule has 0 aliphatic rings. The number of aromatic nitrogens is 5. The van der Waals surface area contributed by atoms with Crippen LogP contribution >= 0.6 is 0 Å². The third kappa shape index (κ3) is 1.64. The fourth-order valence-electron chi connectivity index (χ4n) is 2.40. The van der Waals surface area contributed by atoms with Crippen LogP contribution in [0.15, 0.2) is 30.3 Å². The van der Waals surface area contributed by atoms with Gasteiger partial charge in [-0.3, -0.25) is 5.10 Å². The van der Waals surface area contributed by atoms with Crippen molar-refractivity contribution in [3.63, 3.8) is 0 Å². The van der Waals surface area contributed by atoms with E-state index in [4.69, 9.17) is 11.5 Å². The first kappa shape index (κ1) is 11.7. The Labute approximate surface area is 119 Å². The first-order chi connectivity index (χ1) is 10.1. The van der Waals surface area contributed by atoms with Gasteiger partial charge < -0.3 is 11.5 Å². The summed E-state index contributed by atoms with van der Waals surface area (Å²) in [5.74, 6) is 0.739. The number of aryl methyl sites for hydroxylation is 1. The molecule has 0 amide bonds. The molecule has 1 aromatic carbocycles. The molecular weight excluding hydrogens is 266 g/mol. The van der Waals surface area contributed by atoms with Gasteiger partial charge in [0.2, 0.25) is 0 Å². The minimum Gasteiger partial charge on any atom is -0.383 e. The van der Waals surface area contributed by atoms with E-state index in [2.05, 4.69) is 20.3 Å². The van der Waals surface area contributed by atoms with Crippen LogP contribution in [0.2, 0.25) is 0 Å². The second-order valence-corrected chi connectivity index (χ2v) is 5.00. The molecular formula is C14H13N7. The lowest BCUT2D eigenvalue weighted by Gasteiger charge is -1.98. The van der Waals surface area contributed by atoms with Crippen molar-refractivity contribution in [1.29, 1.82) is 0 Å². The molecule has 0 fully saturated rings. The highest BCUT2D eigenvalue weighted by molar-refractivity contribution is 5.96. The highest BCUT2D eigenvalue weighted by atomic mass is 15.3. The molecule has 4 aromatic rings. The van der Waals surface area contributed by atoms with Gasteiger partial charge in [0, 0.05) is 11.6 Å². The quantitative estimate of drug-likeness (QED) is 0.491. The van der Waals surface area contributed by atoms with Crippen LogP contribution in [0.3, 0.4) is 0 Å². The molecule has 0 aliphatic heterocycles. The number of H-pyrrole nitrogens is 1. The van der Waals surface area contributed by atoms with E-state index in [0.717, 1.165) is 11.3 Å². The standard InChI is InChI=1S/C14H13N7/c1-7-2-4-8(5-3-7)9-6-10-17-12(15)11-13(16)18-19-14(11)21(10)20-9/h2-6H,1H3,(H2,15,17)(H3,16,18,19). The zero-order chi connectivity index (χ0) is 14.6. The summed E-state index contributed by atoms with van der Waals surface area (Å²) >= 11 is 0. The summed E-state index contributed by atoms with van der Waals surface area (Å²) in [6.45, 7) is 2.05. The molecule has 0 atom stereocenters. The topological polar surface area (TPSA) is 111 Å². The van der Waals surface area contributed by atoms with Gasteiger partial charge in [-0.15, -0.1) is 0 Å². The smallest absolute Gasteiger partial charge is 0.190 e. The molecule has 0 bridgehead atoms. The summed E-state index contributed by atoms with van der Waals surface area (Å²) in [6.07, 6.45) is 0. The fraction of sp³-hybridized carbons (Fsp3) is 0.0714. The van der Waals surface area contributed by atoms with E-state index < -0.39 is 0 Å². The number of nitrogens with two attached hydrogens (primary N) is 2. The summed E-state index contributed by atoms with van der Waals surface area (Å²) in [5.41, 5.74) is 16.0. The van der Waals surface area contributed by atoms with Crippen LogP contribution in [-0.2, 0) is 0 Å². The van der Waals surface area contributed by atoms with Gasteiger partial charge in [-0.1, -0.05) is 29.8 Å². The van der Waals surface area contributed by atoms with Crippen molar-refractivity contribution in [1.82, 2.24) is 24.8 Å². The first-order valence-electron chi connectivity index (χ1n) is 6.49. The van der Waals surface area contributed by atoms with Crippen LogP contribution in [0.4, 0.5) is 11.6 Å². The Morgan fingerprint density at radius 1 is 1.14 bits per heavy atom. The van der Waals surface area contributed by atoms with E-state index in [0.29, 0.717) is 28.3 Å². The van der Waals surface area contributed by atoms with Crippen molar-refractivity contribution in [2.24, 2.45) is 0 Å². The van der Waals surface area contributed by atoms with Crippen molar-refractivity contribution < 1.29 is 0 Å². The predicted molar refractivity (Wildman–Crippen MR) is 81.6 cm³/mol. The van der Waals surface area contributed by atoms with Gasteiger partial charge in [0.1, 0.15) is 17.0 Å². The van der Waals surface area contributed by atoms with Gasteiger partial charge in [-0.25, -0.2) is 4.98 Å². The second-order valence-electron chi connectivity index (χ2n) is 5.00. The number of nitrogen functional groups attached to an aromatic ring is 2. The van der Waals surface area contributed by atoms with Crippen LogP contribution in [0.1, 0.15) is 5.56 Å². The molecule has 5 N–H and O–H groups in total. The van der Waals surface area contributed by atoms with Crippen LogP contribution in [0.5, 0.6) is 0 Å². The largest absolute Gasteiger partial charge is 0.383 e. The Kier molecular flexibility index (Phi) is 2.20. The zero-order valence-electron chi connectivity index (χ0n) is 11.3. The van der Waals surface area contributed by atoms with Crippen LogP contribution < -0.4 is 11.5 Å². The molecule has 0 aliphatic carbocycles.